The molecule has 0 radical (unpaired) electrons. The highest BCUT2D eigenvalue weighted by Gasteiger charge is 2.33. The molecule has 0 spiro atoms. The van der Waals surface area contributed by atoms with Crippen molar-refractivity contribution in [1.82, 2.24) is 19.7 Å². The van der Waals surface area contributed by atoms with E-state index in [0.29, 0.717) is 18.8 Å². The number of fused-ring (bicyclic) bond motifs is 2. The SMILES string of the molecule is COc1ccccc1[C@H]1CC(=O)c2c(C)nn(-c3nc4ccccc4[nH]3)c2C1. The number of hydrogen-bond acceptors (Lipinski definition) is 4. The third-order valence-corrected chi connectivity index (χ3v) is 5.46. The average molecular weight is 372 g/mol. The molecule has 28 heavy (non-hydrogen) atoms. The van der Waals surface area contributed by atoms with E-state index in [4.69, 9.17) is 4.74 Å². The monoisotopic (exact) mass is 372 g/mol. The molecule has 5 rings (SSSR count). The Bertz CT molecular complexity index is 1170. The van der Waals surface area contributed by atoms with Crippen LogP contribution in [0.5, 0.6) is 5.75 Å². The Hall–Kier alpha value is -3.41. The number of methoxy groups -OCH3 is 1. The van der Waals surface area contributed by atoms with Crippen LogP contribution in [-0.4, -0.2) is 32.6 Å². The van der Waals surface area contributed by atoms with Crippen LogP contribution in [0.25, 0.3) is 17.0 Å². The molecule has 140 valence electrons. The number of nitrogens with zero attached hydrogens (tertiary/aromatic N) is 3. The zero-order valence-electron chi connectivity index (χ0n) is 15.8. The fourth-order valence-corrected chi connectivity index (χ4v) is 4.20. The molecule has 1 aliphatic rings. The average Bonchev–Trinajstić information content (AvgIpc) is 3.29. The van der Waals surface area contributed by atoms with Gasteiger partial charge in [0.05, 0.1) is 35.1 Å². The van der Waals surface area contributed by atoms with Crippen molar-refractivity contribution in [2.75, 3.05) is 7.11 Å². The number of ether oxygens (including phenoxy) is 1. The second-order valence-corrected chi connectivity index (χ2v) is 7.17. The van der Waals surface area contributed by atoms with Crippen molar-refractivity contribution in [1.29, 1.82) is 0 Å². The van der Waals surface area contributed by atoms with E-state index in [1.165, 1.54) is 0 Å². The predicted molar refractivity (Wildman–Crippen MR) is 106 cm³/mol. The molecule has 0 saturated carbocycles. The highest BCUT2D eigenvalue weighted by Crippen LogP contribution is 2.38. The summed E-state index contributed by atoms with van der Waals surface area (Å²) in [5, 5.41) is 4.65. The van der Waals surface area contributed by atoms with E-state index in [9.17, 15) is 4.79 Å². The Morgan fingerprint density at radius 2 is 1.89 bits per heavy atom. The third kappa shape index (κ3) is 2.52. The van der Waals surface area contributed by atoms with E-state index in [1.807, 2.05) is 55.5 Å². The Morgan fingerprint density at radius 3 is 2.71 bits per heavy atom. The minimum Gasteiger partial charge on any atom is -0.496 e. The largest absolute Gasteiger partial charge is 0.496 e. The van der Waals surface area contributed by atoms with Crippen LogP contribution in [0, 0.1) is 6.92 Å². The summed E-state index contributed by atoms with van der Waals surface area (Å²) < 4.78 is 7.33. The lowest BCUT2D eigenvalue weighted by Crippen LogP contribution is -2.21. The number of nitrogens with one attached hydrogen (secondary N) is 1. The van der Waals surface area contributed by atoms with Gasteiger partial charge in [0, 0.05) is 12.3 Å². The maximum absolute atomic E-state index is 13.0. The van der Waals surface area contributed by atoms with Crippen molar-refractivity contribution in [2.45, 2.75) is 25.7 Å². The first-order valence-electron chi connectivity index (χ1n) is 9.35. The first kappa shape index (κ1) is 16.7. The van der Waals surface area contributed by atoms with Gasteiger partial charge in [-0.25, -0.2) is 9.67 Å². The van der Waals surface area contributed by atoms with E-state index < -0.39 is 0 Å². The fraction of sp³-hybridized carbons (Fsp3) is 0.227. The van der Waals surface area contributed by atoms with Crippen LogP contribution in [0.2, 0.25) is 0 Å². The number of Topliss-reactive ketones (excluding diaryl/α,β-unsaturated/α-hetero) is 1. The van der Waals surface area contributed by atoms with E-state index in [-0.39, 0.29) is 11.7 Å². The number of carbonyl (C=O) groups is 1. The molecule has 2 aromatic heterocycles. The predicted octanol–water partition coefficient (Wildman–Crippen LogP) is 3.98. The number of aryl methyl sites for hydroxylation is 1. The molecule has 0 fully saturated rings. The molecule has 0 bridgehead atoms. The van der Waals surface area contributed by atoms with Crippen LogP contribution in [0.3, 0.4) is 0 Å². The van der Waals surface area contributed by atoms with Crippen LogP contribution in [-0.2, 0) is 6.42 Å². The molecule has 1 aliphatic carbocycles. The number of aromatic amines is 1. The van der Waals surface area contributed by atoms with Gasteiger partial charge in [0.15, 0.2) is 5.78 Å². The first-order chi connectivity index (χ1) is 13.7. The first-order valence-corrected chi connectivity index (χ1v) is 9.35. The van der Waals surface area contributed by atoms with Gasteiger partial charge in [-0.05, 0) is 37.1 Å². The number of ketones is 1. The van der Waals surface area contributed by atoms with Gasteiger partial charge in [0.1, 0.15) is 5.75 Å². The van der Waals surface area contributed by atoms with E-state index in [2.05, 4.69) is 15.1 Å². The van der Waals surface area contributed by atoms with Gasteiger partial charge in [0.2, 0.25) is 5.95 Å². The zero-order chi connectivity index (χ0) is 19.3. The summed E-state index contributed by atoms with van der Waals surface area (Å²) in [5.41, 5.74) is 5.26. The highest BCUT2D eigenvalue weighted by atomic mass is 16.5. The number of H-pyrrole nitrogens is 1. The Kier molecular flexibility index (Phi) is 3.79. The van der Waals surface area contributed by atoms with Crippen molar-refractivity contribution in [3.8, 4) is 11.7 Å². The third-order valence-electron chi connectivity index (χ3n) is 5.46. The molecule has 2 heterocycles. The second kappa shape index (κ2) is 6.34. The lowest BCUT2D eigenvalue weighted by Gasteiger charge is -2.24. The maximum atomic E-state index is 13.0. The molecule has 0 saturated heterocycles. The van der Waals surface area contributed by atoms with Crippen molar-refractivity contribution < 1.29 is 9.53 Å². The van der Waals surface area contributed by atoms with Crippen molar-refractivity contribution >= 4 is 16.8 Å². The van der Waals surface area contributed by atoms with Gasteiger partial charge in [-0.2, -0.15) is 5.10 Å². The van der Waals surface area contributed by atoms with Gasteiger partial charge >= 0.3 is 0 Å². The molecule has 0 unspecified atom stereocenters. The van der Waals surface area contributed by atoms with Crippen molar-refractivity contribution in [2.24, 2.45) is 0 Å². The van der Waals surface area contributed by atoms with Gasteiger partial charge in [-0.1, -0.05) is 30.3 Å². The van der Waals surface area contributed by atoms with Crippen LogP contribution < -0.4 is 4.74 Å². The molecule has 2 aromatic carbocycles. The summed E-state index contributed by atoms with van der Waals surface area (Å²) in [5.74, 6) is 1.63. The molecule has 0 aliphatic heterocycles. The van der Waals surface area contributed by atoms with Crippen LogP contribution in [0.1, 0.15) is 39.6 Å². The topological polar surface area (TPSA) is 72.8 Å². The molecule has 4 aromatic rings. The standard InChI is InChI=1S/C22H20N4O2/c1-13-21-18(26(25-13)22-23-16-8-4-5-9-17(16)24-22)11-14(12-19(21)27)15-7-3-6-10-20(15)28-2/h3-10,14H,11-12H2,1-2H3,(H,23,24)/t14-/m1/s1. The molecule has 1 atom stereocenters. The molecule has 6 nitrogen and oxygen atoms in total. The quantitative estimate of drug-likeness (QED) is 0.590. The van der Waals surface area contributed by atoms with E-state index in [1.54, 1.807) is 11.8 Å². The number of benzene rings is 2. The van der Waals surface area contributed by atoms with Gasteiger partial charge in [0.25, 0.3) is 0 Å². The lowest BCUT2D eigenvalue weighted by molar-refractivity contribution is 0.0963. The van der Waals surface area contributed by atoms with Crippen molar-refractivity contribution in [3.05, 3.63) is 71.0 Å². The smallest absolute Gasteiger partial charge is 0.229 e. The zero-order valence-corrected chi connectivity index (χ0v) is 15.8. The summed E-state index contributed by atoms with van der Waals surface area (Å²) in [6.07, 6.45) is 1.17. The number of rotatable bonds is 3. The minimum absolute atomic E-state index is 0.0513. The normalized spacial score (nSPS) is 16.4. The number of carbonyl (C=O) groups excluding carboxylic acids is 1. The van der Waals surface area contributed by atoms with Gasteiger partial charge < -0.3 is 9.72 Å². The second-order valence-electron chi connectivity index (χ2n) is 7.17. The minimum atomic E-state index is 0.0513. The van der Waals surface area contributed by atoms with Gasteiger partial charge in [-0.15, -0.1) is 0 Å². The Balaban J connectivity index is 1.63. The maximum Gasteiger partial charge on any atom is 0.229 e. The fourth-order valence-electron chi connectivity index (χ4n) is 4.20. The summed E-state index contributed by atoms with van der Waals surface area (Å²) in [7, 11) is 1.66. The highest BCUT2D eigenvalue weighted by molar-refractivity contribution is 6.00. The molecular formula is C22H20N4O2. The van der Waals surface area contributed by atoms with Crippen LogP contribution >= 0.6 is 0 Å². The van der Waals surface area contributed by atoms with Crippen LogP contribution in [0.4, 0.5) is 0 Å². The molecule has 1 N–H and O–H groups in total. The summed E-state index contributed by atoms with van der Waals surface area (Å²) >= 11 is 0. The number of para-hydroxylation sites is 3. The summed E-state index contributed by atoms with van der Waals surface area (Å²) in [6.45, 7) is 1.89. The lowest BCUT2D eigenvalue weighted by atomic mass is 9.81. The van der Waals surface area contributed by atoms with Gasteiger partial charge in [-0.3, -0.25) is 4.79 Å². The number of imidazole rings is 1. The Labute approximate surface area is 162 Å². The molecule has 6 heteroatoms. The molecule has 0 amide bonds. The molecular weight excluding hydrogens is 352 g/mol. The summed E-state index contributed by atoms with van der Waals surface area (Å²) in [4.78, 5) is 21.0. The van der Waals surface area contributed by atoms with Crippen molar-refractivity contribution in [3.63, 3.8) is 0 Å². The number of hydrogen-bond donors (Lipinski definition) is 1. The van der Waals surface area contributed by atoms with Crippen LogP contribution in [0.15, 0.2) is 48.5 Å². The number of aromatic nitrogens is 4. The van der Waals surface area contributed by atoms with E-state index in [0.717, 1.165) is 39.3 Å². The summed E-state index contributed by atoms with van der Waals surface area (Å²) in [6, 6.07) is 15.8. The Morgan fingerprint density at radius 1 is 1.11 bits per heavy atom. The van der Waals surface area contributed by atoms with E-state index >= 15 is 0 Å².